The van der Waals surface area contributed by atoms with Crippen molar-refractivity contribution in [3.8, 4) is 17.2 Å². The average molecular weight is 456 g/mol. The number of ether oxygens (including phenoxy) is 2. The number of rotatable bonds is 7. The minimum atomic E-state index is -0.656. The molecule has 0 atom stereocenters. The number of fused-ring (bicyclic) bond motifs is 1. The van der Waals surface area contributed by atoms with Gasteiger partial charge in [-0.15, -0.1) is 9.92 Å². The van der Waals surface area contributed by atoms with Gasteiger partial charge in [-0.1, -0.05) is 11.6 Å². The number of hydrogen-bond donors (Lipinski definition) is 2. The summed E-state index contributed by atoms with van der Waals surface area (Å²) in [6.45, 7) is 0. The van der Waals surface area contributed by atoms with E-state index in [9.17, 15) is 14.5 Å². The van der Waals surface area contributed by atoms with Crippen LogP contribution in [0.4, 0.5) is 10.5 Å². The number of halogens is 1. The third-order valence-corrected chi connectivity index (χ3v) is 5.15. The van der Waals surface area contributed by atoms with Gasteiger partial charge >= 0.3 is 6.03 Å². The molecule has 1 saturated carbocycles. The lowest BCUT2D eigenvalue weighted by molar-refractivity contribution is 0.0997. The van der Waals surface area contributed by atoms with Crippen LogP contribution in [0.25, 0.3) is 10.9 Å². The molecule has 3 amide bonds. The van der Waals surface area contributed by atoms with Crippen LogP contribution in [0.15, 0.2) is 47.9 Å². The summed E-state index contributed by atoms with van der Waals surface area (Å²) in [5, 5.41) is 6.74. The number of pyridine rings is 1. The van der Waals surface area contributed by atoms with Gasteiger partial charge in [0.15, 0.2) is 0 Å². The number of carbonyl (C=O) groups excluding carboxylic acids is 2. The standard InChI is InChI=1S/C21H18ClN5O5/c1-31-19-10-16-13(9-14(19)20(23)28)18(6-7-24-16)32-12-4-5-17(15(22)8-12)27(26-30)21(29)25-11-2-3-11/h4-11H,2-3H2,1H3,(H2,23,28)(H,25,29). The van der Waals surface area contributed by atoms with Crippen LogP contribution < -0.4 is 25.5 Å². The highest BCUT2D eigenvalue weighted by atomic mass is 35.5. The molecule has 0 bridgehead atoms. The predicted octanol–water partition coefficient (Wildman–Crippen LogP) is 4.15. The summed E-state index contributed by atoms with van der Waals surface area (Å²) in [6.07, 6.45) is 3.27. The van der Waals surface area contributed by atoms with Crippen LogP contribution in [0.5, 0.6) is 17.2 Å². The summed E-state index contributed by atoms with van der Waals surface area (Å²) in [4.78, 5) is 39.5. The number of carbonyl (C=O) groups is 2. The Balaban J connectivity index is 1.65. The molecule has 4 rings (SSSR count). The third-order valence-electron chi connectivity index (χ3n) is 4.84. The van der Waals surface area contributed by atoms with Gasteiger partial charge in [-0.25, -0.2) is 4.79 Å². The maximum Gasteiger partial charge on any atom is 0.345 e. The number of anilines is 1. The van der Waals surface area contributed by atoms with E-state index in [1.807, 2.05) is 0 Å². The molecule has 1 aromatic heterocycles. The molecule has 1 heterocycles. The molecular weight excluding hydrogens is 438 g/mol. The Labute approximate surface area is 187 Å². The fourth-order valence-corrected chi connectivity index (χ4v) is 3.35. The van der Waals surface area contributed by atoms with E-state index < -0.39 is 11.9 Å². The summed E-state index contributed by atoms with van der Waals surface area (Å²) >= 11 is 6.30. The normalized spacial score (nSPS) is 12.8. The Morgan fingerprint density at radius 3 is 2.62 bits per heavy atom. The summed E-state index contributed by atoms with van der Waals surface area (Å²) in [6, 6.07) is 8.58. The molecule has 3 N–H and O–H groups in total. The maximum atomic E-state index is 12.2. The highest BCUT2D eigenvalue weighted by Gasteiger charge is 2.28. The molecule has 0 unspecified atom stereocenters. The number of nitrogens with one attached hydrogen (secondary N) is 1. The van der Waals surface area contributed by atoms with Gasteiger partial charge in [-0.3, -0.25) is 9.78 Å². The summed E-state index contributed by atoms with van der Waals surface area (Å²) < 4.78 is 11.2. The van der Waals surface area contributed by atoms with Crippen LogP contribution in [-0.4, -0.2) is 30.1 Å². The van der Waals surface area contributed by atoms with Gasteiger partial charge in [-0.05, 0) is 37.1 Å². The van der Waals surface area contributed by atoms with Gasteiger partial charge in [0.2, 0.25) is 0 Å². The number of benzene rings is 2. The first-order valence-electron chi connectivity index (χ1n) is 9.59. The van der Waals surface area contributed by atoms with Gasteiger partial charge in [-0.2, -0.15) is 0 Å². The van der Waals surface area contributed by atoms with Crippen molar-refractivity contribution in [2.45, 2.75) is 18.9 Å². The molecule has 2 aromatic carbocycles. The zero-order valence-corrected chi connectivity index (χ0v) is 17.6. The number of hydrogen-bond acceptors (Lipinski definition) is 7. The number of aromatic nitrogens is 1. The average Bonchev–Trinajstić information content (AvgIpc) is 3.58. The highest BCUT2D eigenvalue weighted by Crippen LogP contribution is 2.36. The second kappa shape index (κ2) is 8.67. The Morgan fingerprint density at radius 2 is 2.00 bits per heavy atom. The topological polar surface area (TPSA) is 136 Å². The minimum absolute atomic E-state index is 0.0528. The molecule has 0 radical (unpaired) electrons. The van der Waals surface area contributed by atoms with Crippen molar-refractivity contribution in [3.63, 3.8) is 0 Å². The molecule has 1 aliphatic carbocycles. The van der Waals surface area contributed by atoms with Crippen molar-refractivity contribution in [2.24, 2.45) is 11.0 Å². The Bertz CT molecular complexity index is 1230. The first kappa shape index (κ1) is 21.3. The fraction of sp³-hybridized carbons (Fsp3) is 0.190. The quantitative estimate of drug-likeness (QED) is 0.405. The van der Waals surface area contributed by atoms with Crippen molar-refractivity contribution in [1.82, 2.24) is 10.3 Å². The lowest BCUT2D eigenvalue weighted by atomic mass is 10.1. The van der Waals surface area contributed by atoms with E-state index in [0.29, 0.717) is 33.2 Å². The molecule has 10 nitrogen and oxygen atoms in total. The van der Waals surface area contributed by atoms with E-state index in [1.54, 1.807) is 12.1 Å². The fourth-order valence-electron chi connectivity index (χ4n) is 3.10. The van der Waals surface area contributed by atoms with Gasteiger partial charge < -0.3 is 20.5 Å². The molecular formula is C21H18ClN5O5. The third kappa shape index (κ3) is 4.26. The van der Waals surface area contributed by atoms with E-state index in [4.69, 9.17) is 26.8 Å². The van der Waals surface area contributed by atoms with Crippen molar-refractivity contribution < 1.29 is 19.1 Å². The summed E-state index contributed by atoms with van der Waals surface area (Å²) in [5.74, 6) is 0.363. The molecule has 0 aliphatic heterocycles. The zero-order valence-electron chi connectivity index (χ0n) is 16.9. The lowest BCUT2D eigenvalue weighted by Gasteiger charge is -2.16. The maximum absolute atomic E-state index is 12.2. The number of primary amides is 1. The van der Waals surface area contributed by atoms with Gasteiger partial charge in [0.05, 0.1) is 34.2 Å². The summed E-state index contributed by atoms with van der Waals surface area (Å²) in [7, 11) is 1.43. The molecule has 1 fully saturated rings. The second-order valence-corrected chi connectivity index (χ2v) is 7.48. The van der Waals surface area contributed by atoms with Crippen LogP contribution in [-0.2, 0) is 0 Å². The number of urea groups is 1. The second-order valence-electron chi connectivity index (χ2n) is 7.08. The molecule has 32 heavy (non-hydrogen) atoms. The number of nitrogens with two attached hydrogens (primary N) is 1. The van der Waals surface area contributed by atoms with E-state index in [-0.39, 0.29) is 22.3 Å². The molecule has 11 heteroatoms. The van der Waals surface area contributed by atoms with E-state index in [0.717, 1.165) is 12.8 Å². The molecule has 1 aliphatic rings. The number of nitroso groups, excluding NO2 is 1. The van der Waals surface area contributed by atoms with E-state index in [1.165, 1.54) is 37.6 Å². The van der Waals surface area contributed by atoms with Crippen LogP contribution in [0.2, 0.25) is 5.02 Å². The lowest BCUT2D eigenvalue weighted by Crippen LogP contribution is -2.37. The van der Waals surface area contributed by atoms with Crippen LogP contribution in [0, 0.1) is 4.91 Å². The van der Waals surface area contributed by atoms with Crippen LogP contribution >= 0.6 is 11.6 Å². The van der Waals surface area contributed by atoms with E-state index in [2.05, 4.69) is 15.6 Å². The number of amides is 3. The number of methoxy groups -OCH3 is 1. The SMILES string of the molecule is COc1cc2nccc(Oc3ccc(N(N=O)C(=O)NC4CC4)c(Cl)c3)c2cc1C(N)=O. The molecule has 3 aromatic rings. The van der Waals surface area contributed by atoms with Crippen molar-refractivity contribution in [3.05, 3.63) is 58.1 Å². The molecule has 0 spiro atoms. The highest BCUT2D eigenvalue weighted by molar-refractivity contribution is 6.34. The number of nitrogens with zero attached hydrogens (tertiary/aromatic N) is 3. The molecule has 164 valence electrons. The Morgan fingerprint density at radius 1 is 1.22 bits per heavy atom. The summed E-state index contributed by atoms with van der Waals surface area (Å²) in [5.41, 5.74) is 6.28. The first-order valence-corrected chi connectivity index (χ1v) is 9.97. The minimum Gasteiger partial charge on any atom is -0.496 e. The smallest absolute Gasteiger partial charge is 0.345 e. The van der Waals surface area contributed by atoms with Crippen molar-refractivity contribution in [2.75, 3.05) is 12.1 Å². The zero-order chi connectivity index (χ0) is 22.8. The van der Waals surface area contributed by atoms with E-state index >= 15 is 0 Å². The van der Waals surface area contributed by atoms with Crippen LogP contribution in [0.1, 0.15) is 23.2 Å². The van der Waals surface area contributed by atoms with Gasteiger partial charge in [0.1, 0.15) is 17.2 Å². The van der Waals surface area contributed by atoms with Crippen molar-refractivity contribution in [1.29, 1.82) is 0 Å². The van der Waals surface area contributed by atoms with Gasteiger partial charge in [0, 0.05) is 29.8 Å². The Hall–Kier alpha value is -3.92. The first-order chi connectivity index (χ1) is 15.4. The molecule has 0 saturated heterocycles. The largest absolute Gasteiger partial charge is 0.496 e. The Kier molecular flexibility index (Phi) is 5.78. The monoisotopic (exact) mass is 455 g/mol. The van der Waals surface area contributed by atoms with Crippen molar-refractivity contribution >= 4 is 40.1 Å². The van der Waals surface area contributed by atoms with Crippen LogP contribution in [0.3, 0.4) is 0 Å². The predicted molar refractivity (Wildman–Crippen MR) is 118 cm³/mol. The van der Waals surface area contributed by atoms with Gasteiger partial charge in [0.25, 0.3) is 5.91 Å².